The number of anilines is 2. The molecular formula is C28H25N5O6. The molecule has 0 bridgehead atoms. The first-order chi connectivity index (χ1) is 18.5. The number of hydrogen-bond donors (Lipinski definition) is 3. The highest BCUT2D eigenvalue weighted by Gasteiger charge is 2.18. The van der Waals surface area contributed by atoms with E-state index in [2.05, 4.69) is 20.3 Å². The number of pyridine rings is 2. The van der Waals surface area contributed by atoms with Crippen molar-refractivity contribution in [2.75, 3.05) is 11.1 Å². The second-order valence-electron chi connectivity index (χ2n) is 9.26. The van der Waals surface area contributed by atoms with Gasteiger partial charge in [-0.05, 0) is 62.6 Å². The summed E-state index contributed by atoms with van der Waals surface area (Å²) >= 11 is 0. The highest BCUT2D eigenvalue weighted by molar-refractivity contribution is 6.06. The Morgan fingerprint density at radius 2 is 1.64 bits per heavy atom. The van der Waals surface area contributed by atoms with Crippen molar-refractivity contribution in [1.82, 2.24) is 15.0 Å². The number of aromatic nitrogens is 3. The number of hydrogen-bond acceptors (Lipinski definition) is 9. The molecule has 0 radical (unpaired) electrons. The molecule has 0 saturated heterocycles. The third-order valence-corrected chi connectivity index (χ3v) is 5.22. The van der Waals surface area contributed by atoms with Gasteiger partial charge < -0.3 is 20.0 Å². The van der Waals surface area contributed by atoms with Gasteiger partial charge >= 0.3 is 17.7 Å². The van der Waals surface area contributed by atoms with Gasteiger partial charge in [0.1, 0.15) is 11.1 Å². The van der Waals surface area contributed by atoms with E-state index < -0.39 is 23.3 Å². The zero-order valence-corrected chi connectivity index (χ0v) is 21.3. The average Bonchev–Trinajstić information content (AvgIpc) is 2.88. The third-order valence-electron chi connectivity index (χ3n) is 5.22. The minimum Gasteiger partial charge on any atom is -0.476 e. The third kappa shape index (κ3) is 6.34. The van der Waals surface area contributed by atoms with Crippen LogP contribution in [0.3, 0.4) is 0 Å². The van der Waals surface area contributed by atoms with Gasteiger partial charge in [-0.15, -0.1) is 0 Å². The van der Waals surface area contributed by atoms with E-state index in [0.29, 0.717) is 16.8 Å². The van der Waals surface area contributed by atoms with Crippen molar-refractivity contribution in [1.29, 1.82) is 0 Å². The molecule has 39 heavy (non-hydrogen) atoms. The van der Waals surface area contributed by atoms with Crippen molar-refractivity contribution < 1.29 is 23.8 Å². The smallest absolute Gasteiger partial charge is 0.412 e. The molecule has 198 valence electrons. The summed E-state index contributed by atoms with van der Waals surface area (Å²) in [5, 5.41) is 12.7. The van der Waals surface area contributed by atoms with Crippen LogP contribution in [0.1, 0.15) is 31.3 Å². The maximum Gasteiger partial charge on any atom is 0.412 e. The number of carboxylic acid groups (broad SMARTS) is 1. The SMILES string of the molecule is CC(C)(C)OC(=O)Nc1ccc(-c2nc3cccnc3c(=O)o2)c2ccccc12.Nc1cccnc1C(=O)O. The summed E-state index contributed by atoms with van der Waals surface area (Å²) in [6, 6.07) is 17.5. The molecule has 0 saturated carbocycles. The Kier molecular flexibility index (Phi) is 7.52. The number of rotatable bonds is 3. The summed E-state index contributed by atoms with van der Waals surface area (Å²) in [5.74, 6) is -0.909. The van der Waals surface area contributed by atoms with Crippen LogP contribution in [0.4, 0.5) is 16.2 Å². The Morgan fingerprint density at radius 1 is 0.949 bits per heavy atom. The number of carboxylic acids is 1. The van der Waals surface area contributed by atoms with Crippen molar-refractivity contribution in [2.45, 2.75) is 26.4 Å². The minimum atomic E-state index is -1.10. The molecule has 3 aromatic heterocycles. The van der Waals surface area contributed by atoms with Crippen molar-refractivity contribution in [3.8, 4) is 11.5 Å². The molecule has 0 atom stereocenters. The van der Waals surface area contributed by atoms with Crippen LogP contribution in [0.15, 0.2) is 82.3 Å². The van der Waals surface area contributed by atoms with E-state index in [4.69, 9.17) is 20.0 Å². The van der Waals surface area contributed by atoms with Crippen molar-refractivity contribution in [2.24, 2.45) is 0 Å². The van der Waals surface area contributed by atoms with Crippen LogP contribution in [0.25, 0.3) is 33.3 Å². The number of aromatic carboxylic acids is 1. The quantitative estimate of drug-likeness (QED) is 0.286. The topological polar surface area (TPSA) is 171 Å². The molecule has 11 heteroatoms. The van der Waals surface area contributed by atoms with Gasteiger partial charge in [-0.2, -0.15) is 0 Å². The number of nitrogens with zero attached hydrogens (tertiary/aromatic N) is 3. The molecule has 0 aliphatic carbocycles. The predicted octanol–water partition coefficient (Wildman–Crippen LogP) is 5.11. The largest absolute Gasteiger partial charge is 0.476 e. The number of fused-ring (bicyclic) bond motifs is 2. The molecule has 2 aromatic carbocycles. The van der Waals surface area contributed by atoms with Gasteiger partial charge in [0, 0.05) is 23.3 Å². The molecule has 0 spiro atoms. The van der Waals surface area contributed by atoms with Crippen molar-refractivity contribution in [3.63, 3.8) is 0 Å². The van der Waals surface area contributed by atoms with Gasteiger partial charge in [-0.25, -0.2) is 29.3 Å². The second kappa shape index (κ2) is 11.0. The summed E-state index contributed by atoms with van der Waals surface area (Å²) in [6.45, 7) is 5.40. The van der Waals surface area contributed by atoms with E-state index in [1.165, 1.54) is 18.5 Å². The molecule has 0 aliphatic rings. The molecule has 1 amide bonds. The van der Waals surface area contributed by atoms with Gasteiger partial charge in [-0.1, -0.05) is 24.3 Å². The Balaban J connectivity index is 0.000000298. The van der Waals surface area contributed by atoms with E-state index in [9.17, 15) is 14.4 Å². The Morgan fingerprint density at radius 3 is 2.31 bits per heavy atom. The molecule has 5 rings (SSSR count). The summed E-state index contributed by atoms with van der Waals surface area (Å²) in [7, 11) is 0. The fraction of sp³-hybridized carbons (Fsp3) is 0.143. The molecule has 4 N–H and O–H groups in total. The van der Waals surface area contributed by atoms with Gasteiger partial charge in [0.15, 0.2) is 11.2 Å². The first kappa shape index (κ1) is 26.7. The van der Waals surface area contributed by atoms with Gasteiger partial charge in [0.2, 0.25) is 5.89 Å². The molecule has 0 aliphatic heterocycles. The van der Waals surface area contributed by atoms with Crippen molar-refractivity contribution >= 4 is 45.2 Å². The summed E-state index contributed by atoms with van der Waals surface area (Å²) in [5.41, 5.74) is 6.08. The van der Waals surface area contributed by atoms with Crippen LogP contribution in [0.5, 0.6) is 0 Å². The minimum absolute atomic E-state index is 0.0949. The number of benzene rings is 2. The molecule has 5 aromatic rings. The first-order valence-corrected chi connectivity index (χ1v) is 11.8. The molecule has 3 heterocycles. The first-order valence-electron chi connectivity index (χ1n) is 11.8. The maximum atomic E-state index is 12.3. The molecule has 0 unspecified atom stereocenters. The monoisotopic (exact) mass is 527 g/mol. The number of nitrogens with two attached hydrogens (primary N) is 1. The van der Waals surface area contributed by atoms with Crippen LogP contribution >= 0.6 is 0 Å². The van der Waals surface area contributed by atoms with Gasteiger partial charge in [-0.3, -0.25) is 5.32 Å². The van der Waals surface area contributed by atoms with Crippen LogP contribution in [-0.2, 0) is 4.74 Å². The highest BCUT2D eigenvalue weighted by Crippen LogP contribution is 2.32. The standard InChI is InChI=1S/C22H19N3O4.C6H6N2O2/c1-22(2,3)29-21(27)25-16-11-10-15(13-7-4-5-8-14(13)16)19-24-17-9-6-12-23-18(17)20(26)28-19;7-4-2-1-3-8-5(4)6(9)10/h4-12H,1-3H3,(H,25,27);1-3H,7H2,(H,9,10). The van der Waals surface area contributed by atoms with Crippen LogP contribution in [0, 0.1) is 0 Å². The lowest BCUT2D eigenvalue weighted by molar-refractivity contribution is 0.0634. The van der Waals surface area contributed by atoms with Crippen molar-refractivity contribution in [3.05, 3.63) is 89.2 Å². The molecule has 0 fully saturated rings. The Hall–Kier alpha value is -5.32. The van der Waals surface area contributed by atoms with Crippen LogP contribution in [0.2, 0.25) is 0 Å². The fourth-order valence-electron chi connectivity index (χ4n) is 3.63. The number of amides is 1. The lowest BCUT2D eigenvalue weighted by Gasteiger charge is -2.20. The number of carbonyl (C=O) groups excluding carboxylic acids is 1. The average molecular weight is 528 g/mol. The van der Waals surface area contributed by atoms with Gasteiger partial charge in [0.05, 0.1) is 11.4 Å². The number of ether oxygens (including phenoxy) is 1. The summed E-state index contributed by atoms with van der Waals surface area (Å²) < 4.78 is 10.8. The second-order valence-corrected chi connectivity index (χ2v) is 9.26. The zero-order chi connectivity index (χ0) is 28.2. The predicted molar refractivity (Wildman–Crippen MR) is 146 cm³/mol. The summed E-state index contributed by atoms with van der Waals surface area (Å²) in [4.78, 5) is 46.8. The van der Waals surface area contributed by atoms with Gasteiger partial charge in [0.25, 0.3) is 0 Å². The normalized spacial score (nSPS) is 10.9. The van der Waals surface area contributed by atoms with E-state index in [1.807, 2.05) is 24.3 Å². The lowest BCUT2D eigenvalue weighted by Crippen LogP contribution is -2.27. The molecular weight excluding hydrogens is 502 g/mol. The maximum absolute atomic E-state index is 12.3. The number of carbonyl (C=O) groups is 2. The van der Waals surface area contributed by atoms with Crippen LogP contribution < -0.4 is 16.7 Å². The van der Waals surface area contributed by atoms with E-state index in [-0.39, 0.29) is 22.8 Å². The Labute approximate surface area is 222 Å². The number of nitrogens with one attached hydrogen (secondary N) is 1. The van der Waals surface area contributed by atoms with E-state index in [0.717, 1.165) is 10.8 Å². The molecule has 11 nitrogen and oxygen atoms in total. The fourth-order valence-corrected chi connectivity index (χ4v) is 3.63. The number of nitrogen functional groups attached to an aromatic ring is 1. The Bertz CT molecular complexity index is 1740. The van der Waals surface area contributed by atoms with E-state index >= 15 is 0 Å². The highest BCUT2D eigenvalue weighted by atomic mass is 16.6. The van der Waals surface area contributed by atoms with E-state index in [1.54, 1.807) is 51.1 Å². The summed E-state index contributed by atoms with van der Waals surface area (Å²) in [6.07, 6.45) is 2.37. The zero-order valence-electron chi connectivity index (χ0n) is 21.3. The lowest BCUT2D eigenvalue weighted by atomic mass is 10.0. The van der Waals surface area contributed by atoms with Crippen LogP contribution in [-0.4, -0.2) is 37.7 Å².